The fourth-order valence-corrected chi connectivity index (χ4v) is 4.80. The number of hydrogen-bond donors (Lipinski definition) is 1. The quantitative estimate of drug-likeness (QED) is 0.850. The summed E-state index contributed by atoms with van der Waals surface area (Å²) in [5, 5.41) is 0.941. The number of benzene rings is 1. The van der Waals surface area contributed by atoms with Crippen LogP contribution in [-0.2, 0) is 19.6 Å². The van der Waals surface area contributed by atoms with E-state index in [0.29, 0.717) is 18.5 Å². The molecule has 1 aliphatic carbocycles. The molecule has 0 bridgehead atoms. The summed E-state index contributed by atoms with van der Waals surface area (Å²) in [7, 11) is -0.792. The molecule has 0 spiro atoms. The fourth-order valence-electron chi connectivity index (χ4n) is 3.07. The molecule has 1 saturated carbocycles. The molecule has 1 aromatic heterocycles. The number of H-pyrrole nitrogens is 1. The lowest BCUT2D eigenvalue weighted by Crippen LogP contribution is -2.47. The van der Waals surface area contributed by atoms with Crippen LogP contribution in [0.15, 0.2) is 30.5 Å². The van der Waals surface area contributed by atoms with Crippen molar-refractivity contribution < 1.29 is 17.9 Å². The van der Waals surface area contributed by atoms with Gasteiger partial charge in [0, 0.05) is 24.1 Å². The summed E-state index contributed by atoms with van der Waals surface area (Å²) in [4.78, 5) is 15.1. The number of carbonyl (C=O) groups is 1. The maximum atomic E-state index is 12.7. The lowest BCUT2D eigenvalue weighted by molar-refractivity contribution is -0.156. The van der Waals surface area contributed by atoms with Crippen molar-refractivity contribution in [1.82, 2.24) is 4.98 Å². The monoisotopic (exact) mass is 336 g/mol. The second kappa shape index (κ2) is 5.56. The minimum absolute atomic E-state index is 0.214. The number of esters is 1. The van der Waals surface area contributed by atoms with Crippen LogP contribution in [-0.4, -0.2) is 39.3 Å². The maximum Gasteiger partial charge on any atom is 0.312 e. The number of nitrogens with one attached hydrogen (secondary N) is 1. The second-order valence-corrected chi connectivity index (χ2v) is 8.10. The molecule has 6 nitrogen and oxygen atoms in total. The van der Waals surface area contributed by atoms with Crippen LogP contribution in [0.3, 0.4) is 0 Å². The normalized spacial score (nSPS) is 16.8. The number of carbonyl (C=O) groups excluding carboxylic acids is 1. The molecule has 0 atom stereocenters. The van der Waals surface area contributed by atoms with Gasteiger partial charge >= 0.3 is 5.97 Å². The van der Waals surface area contributed by atoms with Crippen molar-refractivity contribution in [2.75, 3.05) is 24.2 Å². The molecule has 0 radical (unpaired) electrons. The topological polar surface area (TPSA) is 79.5 Å². The van der Waals surface area contributed by atoms with E-state index in [-0.39, 0.29) is 5.75 Å². The Labute approximate surface area is 135 Å². The molecule has 3 rings (SSSR count). The maximum absolute atomic E-state index is 12.7. The zero-order chi connectivity index (χ0) is 16.7. The first kappa shape index (κ1) is 15.9. The van der Waals surface area contributed by atoms with Crippen molar-refractivity contribution in [3.63, 3.8) is 0 Å². The van der Waals surface area contributed by atoms with E-state index >= 15 is 0 Å². The van der Waals surface area contributed by atoms with Gasteiger partial charge in [-0.15, -0.1) is 0 Å². The van der Waals surface area contributed by atoms with Crippen LogP contribution in [0.4, 0.5) is 5.69 Å². The van der Waals surface area contributed by atoms with Crippen LogP contribution in [0.1, 0.15) is 19.3 Å². The summed E-state index contributed by atoms with van der Waals surface area (Å²) < 4.78 is 31.6. The number of fused-ring (bicyclic) bond motifs is 1. The Morgan fingerprint density at radius 3 is 2.70 bits per heavy atom. The van der Waals surface area contributed by atoms with Gasteiger partial charge in [0.05, 0.1) is 24.0 Å². The van der Waals surface area contributed by atoms with Gasteiger partial charge in [-0.25, -0.2) is 8.42 Å². The van der Waals surface area contributed by atoms with Gasteiger partial charge in [-0.05, 0) is 37.1 Å². The van der Waals surface area contributed by atoms with Crippen LogP contribution in [0.5, 0.6) is 0 Å². The molecule has 124 valence electrons. The van der Waals surface area contributed by atoms with Gasteiger partial charge in [-0.2, -0.15) is 0 Å². The van der Waals surface area contributed by atoms with E-state index in [1.54, 1.807) is 6.07 Å². The summed E-state index contributed by atoms with van der Waals surface area (Å²) >= 11 is 0. The van der Waals surface area contributed by atoms with Gasteiger partial charge in [0.1, 0.15) is 0 Å². The molecule has 1 N–H and O–H groups in total. The number of hydrogen-bond acceptors (Lipinski definition) is 4. The number of aromatic nitrogens is 1. The Morgan fingerprint density at radius 2 is 2.09 bits per heavy atom. The summed E-state index contributed by atoms with van der Waals surface area (Å²) in [5.74, 6) is -0.643. The molecule has 1 heterocycles. The summed E-state index contributed by atoms with van der Waals surface area (Å²) in [5.41, 5.74) is 0.640. The molecular formula is C16H20N2O4S. The minimum atomic E-state index is -3.62. The average molecular weight is 336 g/mol. The largest absolute Gasteiger partial charge is 0.469 e. The molecule has 7 heteroatoms. The van der Waals surface area contributed by atoms with E-state index in [1.165, 1.54) is 18.5 Å². The smallest absolute Gasteiger partial charge is 0.312 e. The standard InChI is InChI=1S/C16H20N2O4S/c1-18(13-4-5-14-12(10-13)6-9-17-14)23(20,21)11-16(7-3-8-16)15(19)22-2/h4-6,9-10,17H,3,7-8,11H2,1-2H3. The Hall–Kier alpha value is -2.02. The summed E-state index contributed by atoms with van der Waals surface area (Å²) in [6, 6.07) is 7.30. The highest BCUT2D eigenvalue weighted by molar-refractivity contribution is 7.92. The molecule has 1 aliphatic rings. The number of aromatic amines is 1. The van der Waals surface area contributed by atoms with Crippen LogP contribution < -0.4 is 4.31 Å². The van der Waals surface area contributed by atoms with Crippen molar-refractivity contribution >= 4 is 32.6 Å². The van der Waals surface area contributed by atoms with Crippen LogP contribution in [0.25, 0.3) is 10.9 Å². The summed E-state index contributed by atoms with van der Waals surface area (Å²) in [6.45, 7) is 0. The molecule has 1 fully saturated rings. The first-order chi connectivity index (χ1) is 10.9. The molecule has 2 aromatic rings. The fraction of sp³-hybridized carbons (Fsp3) is 0.438. The first-order valence-electron chi connectivity index (χ1n) is 7.50. The predicted octanol–water partition coefficient (Wildman–Crippen LogP) is 2.28. The third-order valence-electron chi connectivity index (χ3n) is 4.71. The minimum Gasteiger partial charge on any atom is -0.469 e. The Kier molecular flexibility index (Phi) is 3.83. The van der Waals surface area contributed by atoms with Gasteiger partial charge in [0.15, 0.2) is 0 Å². The zero-order valence-corrected chi connectivity index (χ0v) is 14.0. The number of sulfonamides is 1. The highest BCUT2D eigenvalue weighted by atomic mass is 32.2. The van der Waals surface area contributed by atoms with E-state index in [2.05, 4.69) is 4.98 Å². The zero-order valence-electron chi connectivity index (χ0n) is 13.2. The van der Waals surface area contributed by atoms with E-state index in [0.717, 1.165) is 17.3 Å². The van der Waals surface area contributed by atoms with Crippen molar-refractivity contribution in [1.29, 1.82) is 0 Å². The van der Waals surface area contributed by atoms with Gasteiger partial charge in [0.25, 0.3) is 0 Å². The third kappa shape index (κ3) is 2.69. The number of methoxy groups -OCH3 is 1. The van der Waals surface area contributed by atoms with Gasteiger partial charge in [-0.1, -0.05) is 6.42 Å². The van der Waals surface area contributed by atoms with E-state index in [4.69, 9.17) is 4.74 Å². The van der Waals surface area contributed by atoms with Crippen molar-refractivity contribution in [2.24, 2.45) is 5.41 Å². The van der Waals surface area contributed by atoms with Gasteiger partial charge in [-0.3, -0.25) is 9.10 Å². The van der Waals surface area contributed by atoms with Crippen LogP contribution in [0.2, 0.25) is 0 Å². The molecule has 23 heavy (non-hydrogen) atoms. The van der Waals surface area contributed by atoms with E-state index < -0.39 is 21.4 Å². The van der Waals surface area contributed by atoms with Crippen LogP contribution in [0, 0.1) is 5.41 Å². The number of anilines is 1. The van der Waals surface area contributed by atoms with E-state index in [1.807, 2.05) is 24.4 Å². The van der Waals surface area contributed by atoms with Crippen molar-refractivity contribution in [2.45, 2.75) is 19.3 Å². The molecule has 1 aromatic carbocycles. The number of ether oxygens (including phenoxy) is 1. The number of nitrogens with zero attached hydrogens (tertiary/aromatic N) is 1. The molecule has 0 saturated heterocycles. The third-order valence-corrected chi connectivity index (χ3v) is 6.67. The molecular weight excluding hydrogens is 316 g/mol. The highest BCUT2D eigenvalue weighted by Crippen LogP contribution is 2.43. The number of rotatable bonds is 5. The van der Waals surface area contributed by atoms with Gasteiger partial charge < -0.3 is 9.72 Å². The molecule has 0 unspecified atom stereocenters. The highest BCUT2D eigenvalue weighted by Gasteiger charge is 2.49. The molecule has 0 amide bonds. The summed E-state index contributed by atoms with van der Waals surface area (Å²) in [6.07, 6.45) is 3.78. The SMILES string of the molecule is COC(=O)C1(CS(=O)(=O)N(C)c2ccc3[nH]ccc3c2)CCC1. The molecule has 0 aliphatic heterocycles. The van der Waals surface area contributed by atoms with Crippen LogP contribution >= 0.6 is 0 Å². The van der Waals surface area contributed by atoms with Crippen molar-refractivity contribution in [3.8, 4) is 0 Å². The predicted molar refractivity (Wildman–Crippen MR) is 88.8 cm³/mol. The van der Waals surface area contributed by atoms with E-state index in [9.17, 15) is 13.2 Å². The lowest BCUT2D eigenvalue weighted by Gasteiger charge is -2.39. The Morgan fingerprint density at radius 1 is 1.35 bits per heavy atom. The Bertz CT molecular complexity index is 837. The van der Waals surface area contributed by atoms with Crippen molar-refractivity contribution in [3.05, 3.63) is 30.5 Å². The average Bonchev–Trinajstić information content (AvgIpc) is 2.96. The second-order valence-electron chi connectivity index (χ2n) is 6.10. The van der Waals surface area contributed by atoms with Gasteiger partial charge in [0.2, 0.25) is 10.0 Å². The first-order valence-corrected chi connectivity index (χ1v) is 9.11. The Balaban J connectivity index is 1.87. The lowest BCUT2D eigenvalue weighted by atomic mass is 9.70.